The van der Waals surface area contributed by atoms with Gasteiger partial charge in [-0.15, -0.1) is 0 Å². The number of likely N-dealkylation sites (tertiary alicyclic amines) is 1. The summed E-state index contributed by atoms with van der Waals surface area (Å²) < 4.78 is 1.67. The third kappa shape index (κ3) is 1.90. The van der Waals surface area contributed by atoms with Crippen LogP contribution < -0.4 is 4.90 Å². The van der Waals surface area contributed by atoms with Gasteiger partial charge in [-0.2, -0.15) is 0 Å². The van der Waals surface area contributed by atoms with E-state index in [4.69, 9.17) is 0 Å². The summed E-state index contributed by atoms with van der Waals surface area (Å²) in [7, 11) is 1.60. The fraction of sp³-hybridized carbons (Fsp3) is 0.421. The number of nitrogens with one attached hydrogen (secondary N) is 1. The number of benzene rings is 1. The lowest BCUT2D eigenvalue weighted by Crippen LogP contribution is -3.12. The van der Waals surface area contributed by atoms with Gasteiger partial charge in [0, 0.05) is 31.1 Å². The number of fused-ring (bicyclic) bond motifs is 4. The van der Waals surface area contributed by atoms with Gasteiger partial charge in [-0.25, -0.2) is 0 Å². The predicted molar refractivity (Wildman–Crippen MR) is 97.8 cm³/mol. The molecule has 3 fully saturated rings. The second kappa shape index (κ2) is 5.44. The van der Waals surface area contributed by atoms with Crippen molar-refractivity contribution < 1.29 is 19.3 Å². The highest BCUT2D eigenvalue weighted by Crippen LogP contribution is 2.44. The normalized spacial score (nSPS) is 33.2. The molecule has 26 heavy (non-hydrogen) atoms. The highest BCUT2D eigenvalue weighted by atomic mass is 32.2. The third-order valence-electron chi connectivity index (χ3n) is 6.27. The van der Waals surface area contributed by atoms with Crippen LogP contribution in [0.15, 0.2) is 30.5 Å². The Balaban J connectivity index is 1.72. The molecule has 3 saturated heterocycles. The average Bonchev–Trinajstić information content (AvgIpc) is 3.34. The van der Waals surface area contributed by atoms with E-state index in [-0.39, 0.29) is 41.6 Å². The standard InChI is InChI=1S/C19H19N3O3S/c1-10(23)21-7-12(11-5-3-4-6-13(11)21)17-16-15(14-8-26-9-22(14)17)18(24)20(2)19(16)25/h3-7,14-17H,8-9H2,1-2H3/p+1/t14-,15-,16+,17-/m1/s1. The minimum Gasteiger partial charge on any atom is -0.316 e. The minimum absolute atomic E-state index is 0.0391. The zero-order valence-corrected chi connectivity index (χ0v) is 15.5. The van der Waals surface area contributed by atoms with E-state index in [9.17, 15) is 14.4 Å². The molecule has 2 aromatic rings. The molecule has 5 rings (SSSR count). The number of aromatic nitrogens is 1. The molecule has 0 radical (unpaired) electrons. The van der Waals surface area contributed by atoms with Crippen LogP contribution in [0.5, 0.6) is 0 Å². The molecule has 0 aliphatic carbocycles. The summed E-state index contributed by atoms with van der Waals surface area (Å²) in [5.41, 5.74) is 1.88. The lowest BCUT2D eigenvalue weighted by molar-refractivity contribution is -0.924. The van der Waals surface area contributed by atoms with Crippen LogP contribution in [-0.4, -0.2) is 51.9 Å². The van der Waals surface area contributed by atoms with Crippen LogP contribution in [0.1, 0.15) is 23.3 Å². The van der Waals surface area contributed by atoms with E-state index in [0.717, 1.165) is 28.1 Å². The molecule has 4 heterocycles. The van der Waals surface area contributed by atoms with Crippen LogP contribution in [0, 0.1) is 11.8 Å². The number of carbonyl (C=O) groups excluding carboxylic acids is 3. The van der Waals surface area contributed by atoms with Crippen molar-refractivity contribution in [2.24, 2.45) is 11.8 Å². The van der Waals surface area contributed by atoms with Gasteiger partial charge in [-0.3, -0.25) is 23.9 Å². The molecule has 6 nitrogen and oxygen atoms in total. The van der Waals surface area contributed by atoms with Gasteiger partial charge < -0.3 is 4.90 Å². The van der Waals surface area contributed by atoms with Gasteiger partial charge in [0.25, 0.3) is 0 Å². The Morgan fingerprint density at radius 1 is 1.19 bits per heavy atom. The zero-order chi connectivity index (χ0) is 18.2. The Hall–Kier alpha value is -2.12. The maximum atomic E-state index is 12.9. The number of para-hydroxylation sites is 1. The van der Waals surface area contributed by atoms with Gasteiger partial charge in [-0.1, -0.05) is 30.0 Å². The predicted octanol–water partition coefficient (Wildman–Crippen LogP) is 0.545. The molecule has 134 valence electrons. The van der Waals surface area contributed by atoms with E-state index in [1.165, 1.54) is 9.80 Å². The molecule has 1 unspecified atom stereocenters. The number of nitrogens with zero attached hydrogens (tertiary/aromatic N) is 2. The van der Waals surface area contributed by atoms with Crippen LogP contribution in [0.4, 0.5) is 0 Å². The first-order valence-electron chi connectivity index (χ1n) is 8.86. The molecule has 3 aliphatic heterocycles. The minimum atomic E-state index is -0.320. The summed E-state index contributed by atoms with van der Waals surface area (Å²) >= 11 is 1.84. The van der Waals surface area contributed by atoms with Crippen LogP contribution >= 0.6 is 11.8 Å². The van der Waals surface area contributed by atoms with E-state index in [1.54, 1.807) is 18.5 Å². The van der Waals surface area contributed by atoms with Crippen molar-refractivity contribution in [3.8, 4) is 0 Å². The fourth-order valence-electron chi connectivity index (χ4n) is 5.15. The maximum Gasteiger partial charge on any atom is 0.239 e. The van der Waals surface area contributed by atoms with E-state index < -0.39 is 0 Å². The first-order valence-corrected chi connectivity index (χ1v) is 10.0. The Morgan fingerprint density at radius 3 is 2.69 bits per heavy atom. The second-order valence-electron chi connectivity index (χ2n) is 7.45. The van der Waals surface area contributed by atoms with Crippen LogP contribution in [0.2, 0.25) is 0 Å². The van der Waals surface area contributed by atoms with Crippen LogP contribution in [-0.2, 0) is 9.59 Å². The first kappa shape index (κ1) is 16.1. The Morgan fingerprint density at radius 2 is 1.92 bits per heavy atom. The number of amides is 2. The molecule has 1 aromatic heterocycles. The SMILES string of the molecule is CC(=O)n1cc([C@@H]2[C@H]3C(=O)N(C)C(=O)[C@@H]3[C@H]3CSC[NH+]32)c2ccccc21. The van der Waals surface area contributed by atoms with Crippen molar-refractivity contribution in [3.05, 3.63) is 36.0 Å². The number of carbonyl (C=O) groups is 3. The van der Waals surface area contributed by atoms with Crippen molar-refractivity contribution in [1.29, 1.82) is 0 Å². The highest BCUT2D eigenvalue weighted by Gasteiger charge is 2.66. The first-order chi connectivity index (χ1) is 12.5. The monoisotopic (exact) mass is 370 g/mol. The average molecular weight is 370 g/mol. The molecular formula is C19H20N3O3S+. The number of rotatable bonds is 1. The lowest BCUT2D eigenvalue weighted by Gasteiger charge is -2.24. The summed E-state index contributed by atoms with van der Waals surface area (Å²) in [6.07, 6.45) is 1.89. The summed E-state index contributed by atoms with van der Waals surface area (Å²) in [6.45, 7) is 1.55. The molecule has 2 amide bonds. The third-order valence-corrected chi connectivity index (χ3v) is 7.40. The summed E-state index contributed by atoms with van der Waals surface area (Å²) in [6, 6.07) is 7.93. The van der Waals surface area contributed by atoms with Crippen LogP contribution in [0.3, 0.4) is 0 Å². The fourth-order valence-corrected chi connectivity index (χ4v) is 6.57. The van der Waals surface area contributed by atoms with Gasteiger partial charge in [-0.05, 0) is 6.07 Å². The van der Waals surface area contributed by atoms with Crippen molar-refractivity contribution in [3.63, 3.8) is 0 Å². The van der Waals surface area contributed by atoms with Crippen molar-refractivity contribution in [2.75, 3.05) is 18.7 Å². The highest BCUT2D eigenvalue weighted by molar-refractivity contribution is 7.99. The quantitative estimate of drug-likeness (QED) is 0.745. The van der Waals surface area contributed by atoms with Crippen molar-refractivity contribution in [2.45, 2.75) is 19.0 Å². The molecule has 7 heteroatoms. The zero-order valence-electron chi connectivity index (χ0n) is 14.6. The van der Waals surface area contributed by atoms with Crippen molar-refractivity contribution >= 4 is 40.4 Å². The van der Waals surface area contributed by atoms with Gasteiger partial charge in [0.2, 0.25) is 17.7 Å². The molecule has 5 atom stereocenters. The van der Waals surface area contributed by atoms with Gasteiger partial charge in [0.05, 0.1) is 11.3 Å². The van der Waals surface area contributed by atoms with E-state index in [0.29, 0.717) is 0 Å². The van der Waals surface area contributed by atoms with Crippen molar-refractivity contribution in [1.82, 2.24) is 9.47 Å². The van der Waals surface area contributed by atoms with Gasteiger partial charge in [0.1, 0.15) is 29.8 Å². The van der Waals surface area contributed by atoms with Gasteiger partial charge in [0.15, 0.2) is 0 Å². The molecule has 1 N–H and O–H groups in total. The maximum absolute atomic E-state index is 12.9. The molecular weight excluding hydrogens is 350 g/mol. The molecule has 3 aliphatic rings. The summed E-state index contributed by atoms with van der Waals surface area (Å²) in [4.78, 5) is 40.4. The molecule has 0 bridgehead atoms. The van der Waals surface area contributed by atoms with E-state index in [1.807, 2.05) is 42.2 Å². The van der Waals surface area contributed by atoms with E-state index >= 15 is 0 Å². The smallest absolute Gasteiger partial charge is 0.239 e. The van der Waals surface area contributed by atoms with Gasteiger partial charge >= 0.3 is 0 Å². The molecule has 0 saturated carbocycles. The topological polar surface area (TPSA) is 63.8 Å². The summed E-state index contributed by atoms with van der Waals surface area (Å²) in [5, 5.41) is 1.01. The number of hydrogen-bond acceptors (Lipinski definition) is 4. The lowest BCUT2D eigenvalue weighted by atomic mass is 9.86. The number of imide groups is 1. The molecule has 1 aromatic carbocycles. The number of quaternary nitrogens is 1. The summed E-state index contributed by atoms with van der Waals surface area (Å²) in [5.74, 6) is 1.09. The van der Waals surface area contributed by atoms with E-state index in [2.05, 4.69) is 0 Å². The largest absolute Gasteiger partial charge is 0.316 e. The Kier molecular flexibility index (Phi) is 3.36. The Labute approximate surface area is 155 Å². The number of hydrogen-bond donors (Lipinski definition) is 1. The number of thioether (sulfide) groups is 1. The second-order valence-corrected chi connectivity index (χ2v) is 8.48. The Bertz CT molecular complexity index is 968. The molecule has 0 spiro atoms. The van der Waals surface area contributed by atoms with Crippen LogP contribution in [0.25, 0.3) is 10.9 Å².